The highest BCUT2D eigenvalue weighted by atomic mass is 35.5. The van der Waals surface area contributed by atoms with Gasteiger partial charge in [-0.2, -0.15) is 0 Å². The van der Waals surface area contributed by atoms with Crippen molar-refractivity contribution in [1.29, 1.82) is 0 Å². The number of amides is 1. The highest BCUT2D eigenvalue weighted by Crippen LogP contribution is 2.36. The molecule has 22 heavy (non-hydrogen) atoms. The average molecular weight is 336 g/mol. The molecule has 0 unspecified atom stereocenters. The molecule has 1 aliphatic carbocycles. The lowest BCUT2D eigenvalue weighted by molar-refractivity contribution is -0.106. The van der Waals surface area contributed by atoms with Gasteiger partial charge in [0, 0.05) is 11.6 Å². The Morgan fingerprint density at radius 2 is 2.23 bits per heavy atom. The molecule has 1 amide bonds. The molecule has 0 aliphatic heterocycles. The van der Waals surface area contributed by atoms with E-state index in [1.54, 1.807) is 13.0 Å². The molecule has 1 fully saturated rings. The molecule has 114 valence electrons. The second-order valence-electron chi connectivity index (χ2n) is 5.11. The zero-order chi connectivity index (χ0) is 15.7. The third kappa shape index (κ3) is 2.84. The normalized spacial score (nSPS) is 13.7. The van der Waals surface area contributed by atoms with Crippen LogP contribution < -0.4 is 10.2 Å². The van der Waals surface area contributed by atoms with E-state index in [-0.39, 0.29) is 0 Å². The number of hydrogen-bond donors (Lipinski definition) is 1. The summed E-state index contributed by atoms with van der Waals surface area (Å²) < 4.78 is 5.26. The standard InChI is InChI=1S/C15H14ClN3O2S/c1-9-14(19(8-20)15(22)17-10-6-7-10)13(18-21-9)11-4-2-3-5-12(11)16/h2-5,8,10H,6-7H2,1H3,(H,17,22). The maximum Gasteiger partial charge on any atom is 0.220 e. The minimum absolute atomic E-state index is 0.345. The molecule has 0 bridgehead atoms. The number of rotatable bonds is 4. The highest BCUT2D eigenvalue weighted by molar-refractivity contribution is 7.80. The van der Waals surface area contributed by atoms with Crippen molar-refractivity contribution < 1.29 is 9.32 Å². The van der Waals surface area contributed by atoms with Crippen molar-refractivity contribution in [2.75, 3.05) is 4.90 Å². The van der Waals surface area contributed by atoms with Crippen LogP contribution in [0.1, 0.15) is 18.6 Å². The Labute approximate surface area is 138 Å². The third-order valence-electron chi connectivity index (χ3n) is 3.43. The summed E-state index contributed by atoms with van der Waals surface area (Å²) in [7, 11) is 0. The number of thiocarbonyl (C=S) groups is 1. The maximum absolute atomic E-state index is 11.6. The van der Waals surface area contributed by atoms with Crippen LogP contribution in [0.25, 0.3) is 11.3 Å². The average Bonchev–Trinajstić information content (AvgIpc) is 3.24. The Kier molecular flexibility index (Phi) is 4.13. The van der Waals surface area contributed by atoms with Gasteiger partial charge in [-0.1, -0.05) is 35.0 Å². The first-order valence-electron chi connectivity index (χ1n) is 6.88. The molecule has 1 heterocycles. The maximum atomic E-state index is 11.6. The molecule has 1 aromatic carbocycles. The van der Waals surface area contributed by atoms with E-state index in [4.69, 9.17) is 28.3 Å². The summed E-state index contributed by atoms with van der Waals surface area (Å²) >= 11 is 11.5. The van der Waals surface area contributed by atoms with Crippen molar-refractivity contribution >= 4 is 41.0 Å². The second kappa shape index (κ2) is 6.06. The van der Waals surface area contributed by atoms with E-state index in [1.807, 2.05) is 18.2 Å². The molecule has 1 saturated carbocycles. The molecule has 0 saturated heterocycles. The smallest absolute Gasteiger partial charge is 0.220 e. The van der Waals surface area contributed by atoms with E-state index < -0.39 is 0 Å². The van der Waals surface area contributed by atoms with Crippen molar-refractivity contribution in [3.05, 3.63) is 35.0 Å². The van der Waals surface area contributed by atoms with Gasteiger partial charge in [0.15, 0.2) is 10.9 Å². The van der Waals surface area contributed by atoms with Crippen LogP contribution in [0, 0.1) is 6.92 Å². The Morgan fingerprint density at radius 3 is 2.86 bits per heavy atom. The van der Waals surface area contributed by atoms with Crippen LogP contribution >= 0.6 is 23.8 Å². The van der Waals surface area contributed by atoms with Crippen LogP contribution in [0.2, 0.25) is 5.02 Å². The molecule has 7 heteroatoms. The molecule has 0 spiro atoms. The fraction of sp³-hybridized carbons (Fsp3) is 0.267. The van der Waals surface area contributed by atoms with E-state index in [2.05, 4.69) is 10.5 Å². The summed E-state index contributed by atoms with van der Waals surface area (Å²) in [6.45, 7) is 1.74. The lowest BCUT2D eigenvalue weighted by Crippen LogP contribution is -2.40. The number of aromatic nitrogens is 1. The predicted octanol–water partition coefficient (Wildman–Crippen LogP) is 3.30. The predicted molar refractivity (Wildman–Crippen MR) is 89.0 cm³/mol. The summed E-state index contributed by atoms with van der Waals surface area (Å²) in [4.78, 5) is 12.9. The van der Waals surface area contributed by atoms with Crippen LogP contribution in [0.4, 0.5) is 5.69 Å². The summed E-state index contributed by atoms with van der Waals surface area (Å²) in [6, 6.07) is 7.61. The largest absolute Gasteiger partial charge is 0.359 e. The topological polar surface area (TPSA) is 58.4 Å². The van der Waals surface area contributed by atoms with E-state index in [9.17, 15) is 4.79 Å². The zero-order valence-corrected chi connectivity index (χ0v) is 13.4. The number of nitrogens with one attached hydrogen (secondary N) is 1. The molecule has 1 aliphatic rings. The van der Waals surface area contributed by atoms with Crippen molar-refractivity contribution in [3.8, 4) is 11.3 Å². The summed E-state index contributed by atoms with van der Waals surface area (Å²) in [5.74, 6) is 0.502. The van der Waals surface area contributed by atoms with Gasteiger partial charge in [-0.05, 0) is 38.0 Å². The number of anilines is 1. The van der Waals surface area contributed by atoms with Gasteiger partial charge in [-0.15, -0.1) is 0 Å². The molecular weight excluding hydrogens is 322 g/mol. The Morgan fingerprint density at radius 1 is 1.50 bits per heavy atom. The second-order valence-corrected chi connectivity index (χ2v) is 5.91. The van der Waals surface area contributed by atoms with Gasteiger partial charge in [0.1, 0.15) is 11.4 Å². The van der Waals surface area contributed by atoms with Gasteiger partial charge in [0.2, 0.25) is 6.41 Å². The van der Waals surface area contributed by atoms with Crippen molar-refractivity contribution in [2.45, 2.75) is 25.8 Å². The first-order chi connectivity index (χ1) is 10.6. The number of halogens is 1. The molecule has 0 radical (unpaired) electrons. The Hall–Kier alpha value is -1.92. The molecule has 5 nitrogen and oxygen atoms in total. The van der Waals surface area contributed by atoms with E-state index in [0.717, 1.165) is 12.8 Å². The summed E-state index contributed by atoms with van der Waals surface area (Å²) in [6.07, 6.45) is 2.79. The molecule has 1 N–H and O–H groups in total. The SMILES string of the molecule is Cc1onc(-c2ccccc2Cl)c1N(C=O)C(=S)NC1CC1. The fourth-order valence-electron chi connectivity index (χ4n) is 2.15. The van der Waals surface area contributed by atoms with Crippen molar-refractivity contribution in [2.24, 2.45) is 0 Å². The van der Waals surface area contributed by atoms with Crippen molar-refractivity contribution in [1.82, 2.24) is 10.5 Å². The molecule has 1 aromatic heterocycles. The Bertz CT molecular complexity index is 727. The highest BCUT2D eigenvalue weighted by Gasteiger charge is 2.28. The summed E-state index contributed by atoms with van der Waals surface area (Å²) in [5, 5.41) is 8.06. The first kappa shape index (κ1) is 15.0. The molecule has 2 aromatic rings. The van der Waals surface area contributed by atoms with E-state index in [1.165, 1.54) is 4.90 Å². The first-order valence-corrected chi connectivity index (χ1v) is 7.66. The minimum Gasteiger partial charge on any atom is -0.359 e. The zero-order valence-electron chi connectivity index (χ0n) is 11.9. The van der Waals surface area contributed by atoms with Crippen LogP contribution in [0.3, 0.4) is 0 Å². The monoisotopic (exact) mass is 335 g/mol. The van der Waals surface area contributed by atoms with Gasteiger partial charge in [-0.3, -0.25) is 9.69 Å². The lowest BCUT2D eigenvalue weighted by atomic mass is 10.1. The third-order valence-corrected chi connectivity index (χ3v) is 4.07. The number of carbonyl (C=O) groups is 1. The number of aryl methyl sites for hydroxylation is 1. The van der Waals surface area contributed by atoms with E-state index in [0.29, 0.717) is 45.3 Å². The number of benzene rings is 1. The van der Waals surface area contributed by atoms with Crippen molar-refractivity contribution in [3.63, 3.8) is 0 Å². The molecule has 0 atom stereocenters. The minimum atomic E-state index is 0.345. The van der Waals surface area contributed by atoms with Gasteiger partial charge >= 0.3 is 0 Å². The summed E-state index contributed by atoms with van der Waals surface area (Å²) in [5.41, 5.74) is 1.70. The van der Waals surface area contributed by atoms with Crippen LogP contribution in [0.15, 0.2) is 28.8 Å². The molecular formula is C15H14ClN3O2S. The van der Waals surface area contributed by atoms with Gasteiger partial charge < -0.3 is 9.84 Å². The number of nitrogens with zero attached hydrogens (tertiary/aromatic N) is 2. The molecule has 3 rings (SSSR count). The number of carbonyl (C=O) groups excluding carboxylic acids is 1. The van der Waals surface area contributed by atoms with Gasteiger partial charge in [-0.25, -0.2) is 0 Å². The van der Waals surface area contributed by atoms with Gasteiger partial charge in [0.05, 0.1) is 5.02 Å². The van der Waals surface area contributed by atoms with Crippen LogP contribution in [-0.4, -0.2) is 22.7 Å². The van der Waals surface area contributed by atoms with Crippen LogP contribution in [0.5, 0.6) is 0 Å². The van der Waals surface area contributed by atoms with E-state index >= 15 is 0 Å². The quantitative estimate of drug-likeness (QED) is 0.686. The fourth-order valence-corrected chi connectivity index (χ4v) is 2.68. The van der Waals surface area contributed by atoms with Crippen LogP contribution in [-0.2, 0) is 4.79 Å². The lowest BCUT2D eigenvalue weighted by Gasteiger charge is -2.19. The number of hydrogen-bond acceptors (Lipinski definition) is 4. The Balaban J connectivity index is 2.02. The van der Waals surface area contributed by atoms with Gasteiger partial charge in [0.25, 0.3) is 0 Å².